The zero-order valence-electron chi connectivity index (χ0n) is 11.0. The fraction of sp³-hybridized carbons (Fsp3) is 0.143. The first-order valence-corrected chi connectivity index (χ1v) is 6.14. The summed E-state index contributed by atoms with van der Waals surface area (Å²) >= 11 is 0. The molecule has 2 heterocycles. The van der Waals surface area contributed by atoms with Gasteiger partial charge in [-0.05, 0) is 36.8 Å². The summed E-state index contributed by atoms with van der Waals surface area (Å²) in [6.07, 6.45) is -2.93. The van der Waals surface area contributed by atoms with Gasteiger partial charge in [-0.25, -0.2) is 4.98 Å². The third-order valence-corrected chi connectivity index (χ3v) is 3.28. The van der Waals surface area contributed by atoms with Gasteiger partial charge in [-0.2, -0.15) is 18.3 Å². The number of pyridine rings is 1. The number of aromatic amines is 1. The standard InChI is InChI=1S/C14H11F3N4/c1-7-9(2-3-13(18)20-7)10-4-8(14(15,16)17)5-12-11(10)6-19-21-12/h2-6H,1H3,(H2,18,20)(H,19,21). The maximum atomic E-state index is 13.0. The molecule has 0 fully saturated rings. The van der Waals surface area contributed by atoms with Crippen molar-refractivity contribution in [3.05, 3.63) is 41.7 Å². The van der Waals surface area contributed by atoms with Gasteiger partial charge >= 0.3 is 6.18 Å². The third-order valence-electron chi connectivity index (χ3n) is 3.28. The highest BCUT2D eigenvalue weighted by molar-refractivity contribution is 5.95. The van der Waals surface area contributed by atoms with E-state index in [4.69, 9.17) is 5.73 Å². The lowest BCUT2D eigenvalue weighted by molar-refractivity contribution is -0.137. The molecular weight excluding hydrogens is 281 g/mol. The number of nitrogens with one attached hydrogen (secondary N) is 1. The maximum Gasteiger partial charge on any atom is 0.416 e. The molecule has 0 atom stereocenters. The van der Waals surface area contributed by atoms with Crippen molar-refractivity contribution in [2.45, 2.75) is 13.1 Å². The lowest BCUT2D eigenvalue weighted by Gasteiger charge is -2.12. The van der Waals surface area contributed by atoms with Gasteiger partial charge in [-0.3, -0.25) is 5.10 Å². The van der Waals surface area contributed by atoms with Crippen molar-refractivity contribution in [2.75, 3.05) is 5.73 Å². The van der Waals surface area contributed by atoms with E-state index in [9.17, 15) is 13.2 Å². The number of H-pyrrole nitrogens is 1. The quantitative estimate of drug-likeness (QED) is 0.721. The summed E-state index contributed by atoms with van der Waals surface area (Å²) in [7, 11) is 0. The minimum Gasteiger partial charge on any atom is -0.384 e. The Morgan fingerprint density at radius 2 is 1.90 bits per heavy atom. The van der Waals surface area contributed by atoms with Crippen LogP contribution in [0, 0.1) is 6.92 Å². The summed E-state index contributed by atoms with van der Waals surface area (Å²) in [6.45, 7) is 1.71. The zero-order chi connectivity index (χ0) is 15.2. The molecule has 0 aliphatic heterocycles. The minimum absolute atomic E-state index is 0.326. The zero-order valence-corrected chi connectivity index (χ0v) is 11.0. The van der Waals surface area contributed by atoms with E-state index in [0.29, 0.717) is 33.5 Å². The van der Waals surface area contributed by atoms with E-state index in [1.165, 1.54) is 6.20 Å². The lowest BCUT2D eigenvalue weighted by atomic mass is 9.98. The Balaban J connectivity index is 2.32. The number of hydrogen-bond acceptors (Lipinski definition) is 3. The highest BCUT2D eigenvalue weighted by Gasteiger charge is 2.32. The highest BCUT2D eigenvalue weighted by atomic mass is 19.4. The Kier molecular flexibility index (Phi) is 2.86. The van der Waals surface area contributed by atoms with E-state index in [-0.39, 0.29) is 0 Å². The summed E-state index contributed by atoms with van der Waals surface area (Å²) < 4.78 is 39.0. The number of alkyl halides is 3. The number of nitrogen functional groups attached to an aromatic ring is 1. The summed E-state index contributed by atoms with van der Waals surface area (Å²) in [5, 5.41) is 7.01. The Bertz CT molecular complexity index is 821. The van der Waals surface area contributed by atoms with Crippen LogP contribution >= 0.6 is 0 Å². The number of halogens is 3. The molecule has 0 bridgehead atoms. The Labute approximate surface area is 117 Å². The Morgan fingerprint density at radius 3 is 2.57 bits per heavy atom. The summed E-state index contributed by atoms with van der Waals surface area (Å²) in [5.41, 5.74) is 6.78. The second-order valence-electron chi connectivity index (χ2n) is 4.72. The van der Waals surface area contributed by atoms with E-state index in [1.807, 2.05) is 0 Å². The molecule has 108 valence electrons. The van der Waals surface area contributed by atoms with E-state index < -0.39 is 11.7 Å². The molecule has 0 radical (unpaired) electrons. The van der Waals surface area contributed by atoms with Gasteiger partial charge in [0.05, 0.1) is 17.3 Å². The van der Waals surface area contributed by atoms with Gasteiger partial charge in [0.15, 0.2) is 0 Å². The SMILES string of the molecule is Cc1nc(N)ccc1-c1cc(C(F)(F)F)cc2[nH]ncc12. The molecule has 4 nitrogen and oxygen atoms in total. The van der Waals surface area contributed by atoms with Crippen LogP contribution in [0.15, 0.2) is 30.5 Å². The molecule has 3 rings (SSSR count). The number of anilines is 1. The molecule has 2 aromatic heterocycles. The highest BCUT2D eigenvalue weighted by Crippen LogP contribution is 2.37. The average Bonchev–Trinajstić information content (AvgIpc) is 2.85. The first-order chi connectivity index (χ1) is 9.86. The summed E-state index contributed by atoms with van der Waals surface area (Å²) in [5.74, 6) is 0.326. The van der Waals surface area contributed by atoms with Crippen molar-refractivity contribution in [2.24, 2.45) is 0 Å². The van der Waals surface area contributed by atoms with Crippen molar-refractivity contribution >= 4 is 16.7 Å². The third kappa shape index (κ3) is 2.31. The molecule has 3 N–H and O–H groups in total. The van der Waals surface area contributed by atoms with Crippen LogP contribution in [-0.2, 0) is 6.18 Å². The number of benzene rings is 1. The van der Waals surface area contributed by atoms with Gasteiger partial charge in [0.25, 0.3) is 0 Å². The van der Waals surface area contributed by atoms with E-state index >= 15 is 0 Å². The van der Waals surface area contributed by atoms with Gasteiger partial charge in [-0.1, -0.05) is 0 Å². The van der Waals surface area contributed by atoms with Crippen molar-refractivity contribution in [3.63, 3.8) is 0 Å². The predicted molar refractivity (Wildman–Crippen MR) is 73.5 cm³/mol. The van der Waals surface area contributed by atoms with Gasteiger partial charge in [0, 0.05) is 16.6 Å². The molecule has 1 aromatic carbocycles. The maximum absolute atomic E-state index is 13.0. The van der Waals surface area contributed by atoms with Crippen LogP contribution in [0.5, 0.6) is 0 Å². The first-order valence-electron chi connectivity index (χ1n) is 6.14. The van der Waals surface area contributed by atoms with Crippen LogP contribution < -0.4 is 5.73 Å². The Morgan fingerprint density at radius 1 is 1.14 bits per heavy atom. The van der Waals surface area contributed by atoms with E-state index in [1.54, 1.807) is 19.1 Å². The largest absolute Gasteiger partial charge is 0.416 e. The molecule has 3 aromatic rings. The number of aromatic nitrogens is 3. The summed E-state index contributed by atoms with van der Waals surface area (Å²) in [4.78, 5) is 4.10. The van der Waals surface area contributed by atoms with Crippen LogP contribution in [-0.4, -0.2) is 15.2 Å². The van der Waals surface area contributed by atoms with Gasteiger partial charge in [0.1, 0.15) is 5.82 Å². The van der Waals surface area contributed by atoms with Crippen molar-refractivity contribution in [3.8, 4) is 11.1 Å². The predicted octanol–water partition coefficient (Wildman–Crippen LogP) is 3.53. The molecule has 0 saturated carbocycles. The fourth-order valence-electron chi connectivity index (χ4n) is 2.30. The van der Waals surface area contributed by atoms with Gasteiger partial charge in [0.2, 0.25) is 0 Å². The van der Waals surface area contributed by atoms with Crippen LogP contribution in [0.3, 0.4) is 0 Å². The smallest absolute Gasteiger partial charge is 0.384 e. The van der Waals surface area contributed by atoms with E-state index in [2.05, 4.69) is 15.2 Å². The second kappa shape index (κ2) is 4.47. The van der Waals surface area contributed by atoms with Crippen LogP contribution in [0.4, 0.5) is 19.0 Å². The number of rotatable bonds is 1. The molecule has 7 heteroatoms. The molecule has 0 aliphatic rings. The van der Waals surface area contributed by atoms with Gasteiger partial charge in [-0.15, -0.1) is 0 Å². The summed E-state index contributed by atoms with van der Waals surface area (Å²) in [6, 6.07) is 5.39. The van der Waals surface area contributed by atoms with Gasteiger partial charge < -0.3 is 5.73 Å². The number of hydrogen-bond donors (Lipinski definition) is 2. The fourth-order valence-corrected chi connectivity index (χ4v) is 2.30. The first kappa shape index (κ1) is 13.4. The molecular formula is C14H11F3N4. The average molecular weight is 292 g/mol. The molecule has 0 unspecified atom stereocenters. The number of nitrogens with zero attached hydrogens (tertiary/aromatic N) is 2. The molecule has 0 aliphatic carbocycles. The van der Waals surface area contributed by atoms with E-state index in [0.717, 1.165) is 12.1 Å². The van der Waals surface area contributed by atoms with Crippen molar-refractivity contribution in [1.29, 1.82) is 0 Å². The molecule has 0 amide bonds. The van der Waals surface area contributed by atoms with Crippen molar-refractivity contribution < 1.29 is 13.2 Å². The normalized spacial score (nSPS) is 12.0. The minimum atomic E-state index is -4.43. The van der Waals surface area contributed by atoms with Crippen LogP contribution in [0.1, 0.15) is 11.3 Å². The number of nitrogens with two attached hydrogens (primary N) is 1. The topological polar surface area (TPSA) is 67.6 Å². The molecule has 21 heavy (non-hydrogen) atoms. The molecule has 0 saturated heterocycles. The van der Waals surface area contributed by atoms with Crippen LogP contribution in [0.2, 0.25) is 0 Å². The number of aryl methyl sites for hydroxylation is 1. The second-order valence-corrected chi connectivity index (χ2v) is 4.72. The number of fused-ring (bicyclic) bond motifs is 1. The lowest BCUT2D eigenvalue weighted by Crippen LogP contribution is -2.05. The molecule has 0 spiro atoms. The van der Waals surface area contributed by atoms with Crippen LogP contribution in [0.25, 0.3) is 22.0 Å². The van der Waals surface area contributed by atoms with Crippen molar-refractivity contribution in [1.82, 2.24) is 15.2 Å². The monoisotopic (exact) mass is 292 g/mol. The Hall–Kier alpha value is -2.57.